The molecule has 0 N–H and O–H groups in total. The van der Waals surface area contributed by atoms with Gasteiger partial charge in [0.1, 0.15) is 16.7 Å². The van der Waals surface area contributed by atoms with Crippen molar-refractivity contribution in [3.8, 4) is 11.5 Å². The summed E-state index contributed by atoms with van der Waals surface area (Å²) >= 11 is 0. The van der Waals surface area contributed by atoms with Gasteiger partial charge in [-0.25, -0.2) is 4.98 Å². The first kappa shape index (κ1) is 19.6. The van der Waals surface area contributed by atoms with Crippen molar-refractivity contribution in [1.82, 2.24) is 4.98 Å². The van der Waals surface area contributed by atoms with E-state index in [-0.39, 0.29) is 0 Å². The second kappa shape index (κ2) is 7.89. The molecule has 7 rings (SSSR count). The van der Waals surface area contributed by atoms with E-state index in [4.69, 9.17) is 13.8 Å². The number of nitrogens with zero attached hydrogens (tertiary/aromatic N) is 2. The van der Waals surface area contributed by atoms with Crippen molar-refractivity contribution in [2.24, 2.45) is 0 Å². The van der Waals surface area contributed by atoms with Crippen molar-refractivity contribution in [3.63, 3.8) is 0 Å². The van der Waals surface area contributed by atoms with E-state index in [1.54, 1.807) is 0 Å². The van der Waals surface area contributed by atoms with E-state index in [1.807, 2.05) is 84.9 Å². The number of para-hydroxylation sites is 3. The average molecular weight is 453 g/mol. The van der Waals surface area contributed by atoms with E-state index in [9.17, 15) is 0 Å². The van der Waals surface area contributed by atoms with Crippen molar-refractivity contribution >= 4 is 50.1 Å². The quantitative estimate of drug-likeness (QED) is 0.267. The summed E-state index contributed by atoms with van der Waals surface area (Å²) in [4.78, 5) is 7.20. The maximum Gasteiger partial charge on any atom is 0.227 e. The molecule has 0 fully saturated rings. The Hall–Kier alpha value is -4.83. The summed E-state index contributed by atoms with van der Waals surface area (Å²) in [7, 11) is 0. The van der Waals surface area contributed by atoms with Gasteiger partial charge in [0.05, 0.1) is 11.1 Å². The lowest BCUT2D eigenvalue weighted by atomic mass is 10.1. The van der Waals surface area contributed by atoms with Gasteiger partial charge in [-0.05, 0) is 42.5 Å². The topological polar surface area (TPSA) is 42.4 Å². The number of oxazole rings is 1. The van der Waals surface area contributed by atoms with Crippen LogP contribution in [-0.2, 0) is 0 Å². The van der Waals surface area contributed by atoms with Crippen LogP contribution in [0.15, 0.2) is 130 Å². The van der Waals surface area contributed by atoms with Gasteiger partial charge in [0.25, 0.3) is 0 Å². The molecule has 0 saturated carbocycles. The van der Waals surface area contributed by atoms with Gasteiger partial charge in [-0.1, -0.05) is 72.8 Å². The molecule has 2 heterocycles. The highest BCUT2D eigenvalue weighted by Gasteiger charge is 2.24. The zero-order valence-electron chi connectivity index (χ0n) is 18.8. The third-order valence-corrected chi connectivity index (χ3v) is 6.28. The number of benzene rings is 5. The number of fused-ring (bicyclic) bond motifs is 5. The van der Waals surface area contributed by atoms with Crippen molar-refractivity contribution in [2.75, 3.05) is 4.90 Å². The van der Waals surface area contributed by atoms with E-state index < -0.39 is 0 Å². The van der Waals surface area contributed by atoms with Gasteiger partial charge in [-0.15, -0.1) is 0 Å². The molecule has 0 amide bonds. The van der Waals surface area contributed by atoms with Crippen LogP contribution >= 0.6 is 0 Å². The number of hydrogen-bond acceptors (Lipinski definition) is 4. The van der Waals surface area contributed by atoms with Gasteiger partial charge in [-0.2, -0.15) is 0 Å². The summed E-state index contributed by atoms with van der Waals surface area (Å²) in [6.45, 7) is 0. The fraction of sp³-hybridized carbons (Fsp3) is 0. The molecule has 0 saturated heterocycles. The molecule has 2 aromatic heterocycles. The molecule has 0 aliphatic heterocycles. The van der Waals surface area contributed by atoms with Crippen LogP contribution < -0.4 is 4.90 Å². The second-order valence-electron chi connectivity index (χ2n) is 8.44. The molecule has 0 spiro atoms. The molecule has 35 heavy (non-hydrogen) atoms. The minimum Gasteiger partial charge on any atom is -0.456 e. The van der Waals surface area contributed by atoms with Gasteiger partial charge in [0, 0.05) is 28.4 Å². The Morgan fingerprint density at radius 1 is 0.571 bits per heavy atom. The highest BCUT2D eigenvalue weighted by Crippen LogP contribution is 2.45. The fourth-order valence-corrected chi connectivity index (χ4v) is 4.71. The molecular weight excluding hydrogens is 432 g/mol. The number of furan rings is 1. The molecule has 0 aliphatic rings. The van der Waals surface area contributed by atoms with Gasteiger partial charge in [-0.3, -0.25) is 0 Å². The second-order valence-corrected chi connectivity index (χ2v) is 8.44. The minimum atomic E-state index is 0.584. The predicted octanol–water partition coefficient (Wildman–Crippen LogP) is 8.86. The van der Waals surface area contributed by atoms with Crippen molar-refractivity contribution in [3.05, 3.63) is 121 Å². The van der Waals surface area contributed by atoms with Crippen LogP contribution in [0.3, 0.4) is 0 Å². The third-order valence-electron chi connectivity index (χ3n) is 6.28. The van der Waals surface area contributed by atoms with Crippen LogP contribution in [0.2, 0.25) is 0 Å². The van der Waals surface area contributed by atoms with Crippen LogP contribution in [0.1, 0.15) is 0 Å². The number of hydrogen-bond donors (Lipinski definition) is 0. The number of anilines is 3. The molecule has 0 aliphatic carbocycles. The maximum absolute atomic E-state index is 6.54. The van der Waals surface area contributed by atoms with E-state index in [1.165, 1.54) is 0 Å². The van der Waals surface area contributed by atoms with E-state index >= 15 is 0 Å². The molecular formula is C31H20N2O2. The van der Waals surface area contributed by atoms with Crippen molar-refractivity contribution < 1.29 is 8.83 Å². The predicted molar refractivity (Wildman–Crippen MR) is 141 cm³/mol. The molecule has 166 valence electrons. The standard InChI is InChI=1S/C31H20N2O2/c1-4-12-21(13-5-1)31-32-29-28-24-18-10-11-19-26(24)34-27(28)20-25(30(29)35-31)33(22-14-6-2-7-15-22)23-16-8-3-9-17-23/h1-20H. The molecule has 0 radical (unpaired) electrons. The van der Waals surface area contributed by atoms with Gasteiger partial charge in [0.15, 0.2) is 5.58 Å². The summed E-state index contributed by atoms with van der Waals surface area (Å²) in [5.41, 5.74) is 6.96. The van der Waals surface area contributed by atoms with Crippen LogP contribution in [0.5, 0.6) is 0 Å². The normalized spacial score (nSPS) is 11.4. The largest absolute Gasteiger partial charge is 0.456 e. The smallest absolute Gasteiger partial charge is 0.227 e. The molecule has 0 unspecified atom stereocenters. The molecule has 4 heteroatoms. The Balaban J connectivity index is 1.60. The maximum atomic E-state index is 6.54. The molecule has 0 bridgehead atoms. The summed E-state index contributed by atoms with van der Waals surface area (Å²) in [6.07, 6.45) is 0. The van der Waals surface area contributed by atoms with Crippen LogP contribution in [-0.4, -0.2) is 4.98 Å². The summed E-state index contributed by atoms with van der Waals surface area (Å²) in [6, 6.07) is 40.7. The van der Waals surface area contributed by atoms with E-state index in [0.29, 0.717) is 5.89 Å². The Labute approximate surface area is 201 Å². The molecule has 7 aromatic rings. The molecule has 5 aromatic carbocycles. The zero-order chi connectivity index (χ0) is 23.2. The first-order valence-electron chi connectivity index (χ1n) is 11.6. The third kappa shape index (κ3) is 3.19. The monoisotopic (exact) mass is 452 g/mol. The Kier molecular flexibility index (Phi) is 4.42. The van der Waals surface area contributed by atoms with Gasteiger partial charge in [0.2, 0.25) is 5.89 Å². The molecule has 4 nitrogen and oxygen atoms in total. The Bertz CT molecular complexity index is 1750. The van der Waals surface area contributed by atoms with E-state index in [0.717, 1.165) is 55.7 Å². The van der Waals surface area contributed by atoms with Crippen molar-refractivity contribution in [1.29, 1.82) is 0 Å². The first-order valence-corrected chi connectivity index (χ1v) is 11.6. The van der Waals surface area contributed by atoms with E-state index in [2.05, 4.69) is 41.3 Å². The average Bonchev–Trinajstić information content (AvgIpc) is 3.52. The Morgan fingerprint density at radius 2 is 1.17 bits per heavy atom. The van der Waals surface area contributed by atoms with Gasteiger partial charge < -0.3 is 13.7 Å². The minimum absolute atomic E-state index is 0.584. The van der Waals surface area contributed by atoms with Crippen LogP contribution in [0, 0.1) is 0 Å². The first-order chi connectivity index (χ1) is 17.4. The highest BCUT2D eigenvalue weighted by molar-refractivity contribution is 6.20. The molecule has 0 atom stereocenters. The summed E-state index contributed by atoms with van der Waals surface area (Å²) in [5.74, 6) is 0.584. The van der Waals surface area contributed by atoms with Gasteiger partial charge >= 0.3 is 0 Å². The summed E-state index contributed by atoms with van der Waals surface area (Å²) < 4.78 is 12.9. The Morgan fingerprint density at radius 3 is 1.86 bits per heavy atom. The van der Waals surface area contributed by atoms with Crippen LogP contribution in [0.25, 0.3) is 44.5 Å². The lowest BCUT2D eigenvalue weighted by Gasteiger charge is -2.25. The van der Waals surface area contributed by atoms with Crippen LogP contribution in [0.4, 0.5) is 17.1 Å². The number of aromatic nitrogens is 1. The number of rotatable bonds is 4. The summed E-state index contributed by atoms with van der Waals surface area (Å²) in [5, 5.41) is 1.99. The lowest BCUT2D eigenvalue weighted by Crippen LogP contribution is -2.10. The zero-order valence-corrected chi connectivity index (χ0v) is 18.8. The van der Waals surface area contributed by atoms with Crippen molar-refractivity contribution in [2.45, 2.75) is 0 Å². The lowest BCUT2D eigenvalue weighted by molar-refractivity contribution is 0.619. The highest BCUT2D eigenvalue weighted by atomic mass is 16.4. The fourth-order valence-electron chi connectivity index (χ4n) is 4.71. The SMILES string of the molecule is c1ccc(-c2nc3c(o2)c(N(c2ccccc2)c2ccccc2)cc2oc4ccccc4c23)cc1.